The molecule has 0 aromatic heterocycles. The predicted molar refractivity (Wildman–Crippen MR) is 102 cm³/mol. The Hall–Kier alpha value is -1.68. The average Bonchev–Trinajstić information content (AvgIpc) is 2.92. The van der Waals surface area contributed by atoms with Gasteiger partial charge >= 0.3 is 0 Å². The number of unbranched alkanes of at least 4 members (excludes halogenated alkanes) is 1. The second kappa shape index (κ2) is 7.06. The lowest BCUT2D eigenvalue weighted by molar-refractivity contribution is 0.434. The maximum Gasteiger partial charge on any atom is 0.123 e. The van der Waals surface area contributed by atoms with Gasteiger partial charge in [0, 0.05) is 9.89 Å². The molecule has 2 nitrogen and oxygen atoms in total. The van der Waals surface area contributed by atoms with Crippen LogP contribution in [0.25, 0.3) is 0 Å². The average molecular weight is 389 g/mol. The molecule has 2 aromatic carbocycles. The maximum absolute atomic E-state index is 13.3. The molecule has 0 fully saturated rings. The summed E-state index contributed by atoms with van der Waals surface area (Å²) in [6.07, 6.45) is 3.39. The molecule has 2 aromatic rings. The van der Waals surface area contributed by atoms with Crippen LogP contribution in [-0.4, -0.2) is 12.3 Å². The summed E-state index contributed by atoms with van der Waals surface area (Å²) in [6.45, 7) is 5.32. The van der Waals surface area contributed by atoms with Crippen LogP contribution >= 0.6 is 15.9 Å². The van der Waals surface area contributed by atoms with Gasteiger partial charge in [-0.15, -0.1) is 0 Å². The van der Waals surface area contributed by atoms with Crippen molar-refractivity contribution in [3.63, 3.8) is 0 Å². The molecule has 0 amide bonds. The van der Waals surface area contributed by atoms with Gasteiger partial charge in [0.1, 0.15) is 5.82 Å². The molecule has 1 unspecified atom stereocenters. The smallest absolute Gasteiger partial charge is 0.123 e. The first-order chi connectivity index (χ1) is 11.5. The zero-order chi connectivity index (χ0) is 17.2. The Bertz CT molecular complexity index is 724. The lowest BCUT2D eigenvalue weighted by Crippen LogP contribution is -2.31. The summed E-state index contributed by atoms with van der Waals surface area (Å²) in [5.41, 5.74) is 3.12. The fraction of sp³-hybridized carbons (Fsp3) is 0.350. The number of nitrogens with zero attached hydrogens (tertiary/aromatic N) is 2. The summed E-state index contributed by atoms with van der Waals surface area (Å²) in [7, 11) is 0. The van der Waals surface area contributed by atoms with E-state index in [1.165, 1.54) is 12.1 Å². The van der Waals surface area contributed by atoms with Gasteiger partial charge in [0.15, 0.2) is 0 Å². The minimum absolute atomic E-state index is 0.0269. The van der Waals surface area contributed by atoms with E-state index in [2.05, 4.69) is 46.9 Å². The summed E-state index contributed by atoms with van der Waals surface area (Å²) in [6, 6.07) is 14.9. The van der Waals surface area contributed by atoms with Crippen LogP contribution in [0.5, 0.6) is 0 Å². The minimum Gasteiger partial charge on any atom is -0.264 e. The van der Waals surface area contributed by atoms with Gasteiger partial charge in [0.25, 0.3) is 0 Å². The molecular formula is C20H22BrFN2. The SMILES string of the molecule is CCCCC1(C)CN(c2ccc(Br)cc2)N=C1c1ccc(F)cc1. The van der Waals surface area contributed by atoms with Crippen molar-refractivity contribution in [1.29, 1.82) is 0 Å². The van der Waals surface area contributed by atoms with E-state index in [-0.39, 0.29) is 11.2 Å². The van der Waals surface area contributed by atoms with Crippen molar-refractivity contribution in [3.05, 3.63) is 64.4 Å². The van der Waals surface area contributed by atoms with Crippen LogP contribution in [0.3, 0.4) is 0 Å². The number of hydrazone groups is 1. The van der Waals surface area contributed by atoms with Crippen molar-refractivity contribution in [3.8, 4) is 0 Å². The van der Waals surface area contributed by atoms with Crippen LogP contribution in [0, 0.1) is 11.2 Å². The topological polar surface area (TPSA) is 15.6 Å². The summed E-state index contributed by atoms with van der Waals surface area (Å²) < 4.78 is 14.4. The lowest BCUT2D eigenvalue weighted by Gasteiger charge is -2.26. The first kappa shape index (κ1) is 17.2. The summed E-state index contributed by atoms with van der Waals surface area (Å²) in [5.74, 6) is -0.211. The third-order valence-electron chi connectivity index (χ3n) is 4.62. The molecule has 1 atom stereocenters. The van der Waals surface area contributed by atoms with Crippen molar-refractivity contribution in [2.75, 3.05) is 11.6 Å². The first-order valence-electron chi connectivity index (χ1n) is 8.40. The third-order valence-corrected chi connectivity index (χ3v) is 5.14. The van der Waals surface area contributed by atoms with E-state index in [1.54, 1.807) is 0 Å². The van der Waals surface area contributed by atoms with Crippen molar-refractivity contribution < 1.29 is 4.39 Å². The summed E-state index contributed by atoms with van der Waals surface area (Å²) in [4.78, 5) is 0. The largest absolute Gasteiger partial charge is 0.264 e. The Kier molecular flexibility index (Phi) is 5.04. The highest BCUT2D eigenvalue weighted by Crippen LogP contribution is 2.38. The van der Waals surface area contributed by atoms with Crippen molar-refractivity contribution in [1.82, 2.24) is 0 Å². The molecular weight excluding hydrogens is 367 g/mol. The van der Waals surface area contributed by atoms with Crippen LogP contribution in [0.4, 0.5) is 10.1 Å². The fourth-order valence-electron chi connectivity index (χ4n) is 3.22. The van der Waals surface area contributed by atoms with Crippen LogP contribution in [0.2, 0.25) is 0 Å². The second-order valence-corrected chi connectivity index (χ2v) is 7.57. The van der Waals surface area contributed by atoms with E-state index in [1.807, 2.05) is 24.3 Å². The fourth-order valence-corrected chi connectivity index (χ4v) is 3.49. The number of anilines is 1. The van der Waals surface area contributed by atoms with E-state index < -0.39 is 0 Å². The van der Waals surface area contributed by atoms with E-state index in [0.717, 1.165) is 47.2 Å². The second-order valence-electron chi connectivity index (χ2n) is 6.65. The van der Waals surface area contributed by atoms with Crippen LogP contribution < -0.4 is 5.01 Å². The van der Waals surface area contributed by atoms with E-state index in [9.17, 15) is 4.39 Å². The molecule has 1 aliphatic rings. The Balaban J connectivity index is 1.96. The van der Waals surface area contributed by atoms with Gasteiger partial charge in [0.05, 0.1) is 17.9 Å². The minimum atomic E-state index is -0.211. The molecule has 0 bridgehead atoms. The molecule has 0 radical (unpaired) electrons. The van der Waals surface area contributed by atoms with Crippen molar-refractivity contribution >= 4 is 27.3 Å². The molecule has 0 spiro atoms. The zero-order valence-corrected chi connectivity index (χ0v) is 15.7. The zero-order valence-electron chi connectivity index (χ0n) is 14.1. The van der Waals surface area contributed by atoms with Gasteiger partial charge < -0.3 is 0 Å². The summed E-state index contributed by atoms with van der Waals surface area (Å²) >= 11 is 3.48. The number of benzene rings is 2. The molecule has 3 rings (SSSR count). The summed E-state index contributed by atoms with van der Waals surface area (Å²) in [5, 5.41) is 6.98. The highest BCUT2D eigenvalue weighted by Gasteiger charge is 2.39. The normalized spacial score (nSPS) is 20.3. The molecule has 0 aliphatic carbocycles. The Morgan fingerprint density at radius 3 is 2.42 bits per heavy atom. The molecule has 126 valence electrons. The standard InChI is InChI=1S/C20H22BrFN2/c1-3-4-13-20(2)14-24(18-11-7-16(21)8-12-18)23-19(20)15-5-9-17(22)10-6-15/h5-12H,3-4,13-14H2,1-2H3. The van der Waals surface area contributed by atoms with Crippen LogP contribution in [0.15, 0.2) is 58.1 Å². The first-order valence-corrected chi connectivity index (χ1v) is 9.19. The third kappa shape index (κ3) is 3.54. The Labute approximate surface area is 151 Å². The monoisotopic (exact) mass is 388 g/mol. The molecule has 0 N–H and O–H groups in total. The lowest BCUT2D eigenvalue weighted by atomic mass is 9.78. The number of hydrogen-bond donors (Lipinski definition) is 0. The van der Waals surface area contributed by atoms with Gasteiger partial charge in [-0.25, -0.2) is 4.39 Å². The van der Waals surface area contributed by atoms with Gasteiger partial charge in [0.2, 0.25) is 0 Å². The van der Waals surface area contributed by atoms with E-state index >= 15 is 0 Å². The molecule has 0 saturated heterocycles. The molecule has 0 saturated carbocycles. The number of rotatable bonds is 5. The Morgan fingerprint density at radius 1 is 1.12 bits per heavy atom. The molecule has 4 heteroatoms. The highest BCUT2D eigenvalue weighted by molar-refractivity contribution is 9.10. The predicted octanol–water partition coefficient (Wildman–Crippen LogP) is 6.01. The molecule has 1 aliphatic heterocycles. The molecule has 24 heavy (non-hydrogen) atoms. The van der Waals surface area contributed by atoms with Crippen molar-refractivity contribution in [2.24, 2.45) is 10.5 Å². The van der Waals surface area contributed by atoms with Gasteiger partial charge in [-0.3, -0.25) is 5.01 Å². The van der Waals surface area contributed by atoms with Gasteiger partial charge in [-0.1, -0.05) is 54.8 Å². The quantitative estimate of drug-likeness (QED) is 0.612. The highest BCUT2D eigenvalue weighted by atomic mass is 79.9. The molecule has 1 heterocycles. The van der Waals surface area contributed by atoms with Crippen molar-refractivity contribution in [2.45, 2.75) is 33.1 Å². The Morgan fingerprint density at radius 2 is 1.79 bits per heavy atom. The maximum atomic E-state index is 13.3. The van der Waals surface area contributed by atoms with E-state index in [4.69, 9.17) is 5.10 Å². The van der Waals surface area contributed by atoms with Crippen LogP contribution in [0.1, 0.15) is 38.7 Å². The van der Waals surface area contributed by atoms with Crippen LogP contribution in [-0.2, 0) is 0 Å². The number of halogens is 2. The number of hydrogen-bond acceptors (Lipinski definition) is 2. The van der Waals surface area contributed by atoms with E-state index in [0.29, 0.717) is 0 Å². The van der Waals surface area contributed by atoms with Gasteiger partial charge in [-0.05, 0) is 48.4 Å². The van der Waals surface area contributed by atoms with Gasteiger partial charge in [-0.2, -0.15) is 5.10 Å².